The number of hydrogen-bond donors (Lipinski definition) is 0. The second-order valence-electron chi connectivity index (χ2n) is 7.85. The van der Waals surface area contributed by atoms with Crippen LogP contribution in [-0.4, -0.2) is 55.9 Å². The Morgan fingerprint density at radius 3 is 2.52 bits per heavy atom. The lowest BCUT2D eigenvalue weighted by Gasteiger charge is -2.32. The molecule has 29 heavy (non-hydrogen) atoms. The summed E-state index contributed by atoms with van der Waals surface area (Å²) < 4.78 is 44.2. The molecule has 6 nitrogen and oxygen atoms in total. The van der Waals surface area contributed by atoms with Crippen LogP contribution in [-0.2, 0) is 34.1 Å². The van der Waals surface area contributed by atoms with Crippen molar-refractivity contribution in [2.45, 2.75) is 43.9 Å². The van der Waals surface area contributed by atoms with Gasteiger partial charge in [0.2, 0.25) is 15.0 Å². The largest absolute Gasteiger partial charge is 0.385 e. The SMILES string of the molecule is COCCCn1c(CN2CCC(Cc3ccc(F)cc3)CC2)cnc1S(C)(=O)=O. The van der Waals surface area contributed by atoms with Crippen LogP contribution in [0, 0.1) is 11.7 Å². The number of methoxy groups -OCH3 is 1. The third-order valence-corrected chi connectivity index (χ3v) is 6.48. The van der Waals surface area contributed by atoms with E-state index < -0.39 is 9.84 Å². The fourth-order valence-electron chi connectivity index (χ4n) is 3.95. The Balaban J connectivity index is 1.59. The minimum Gasteiger partial charge on any atom is -0.385 e. The van der Waals surface area contributed by atoms with Gasteiger partial charge in [-0.05, 0) is 62.4 Å². The van der Waals surface area contributed by atoms with Gasteiger partial charge >= 0.3 is 0 Å². The first-order chi connectivity index (χ1) is 13.9. The van der Waals surface area contributed by atoms with E-state index >= 15 is 0 Å². The summed E-state index contributed by atoms with van der Waals surface area (Å²) in [6.07, 6.45) is 6.76. The minimum absolute atomic E-state index is 0.134. The third kappa shape index (κ3) is 6.10. The minimum atomic E-state index is -3.37. The topological polar surface area (TPSA) is 64.4 Å². The van der Waals surface area contributed by atoms with Crippen molar-refractivity contribution in [2.75, 3.05) is 33.1 Å². The van der Waals surface area contributed by atoms with Crippen LogP contribution in [0.1, 0.15) is 30.5 Å². The van der Waals surface area contributed by atoms with Gasteiger partial charge in [0.25, 0.3) is 0 Å². The van der Waals surface area contributed by atoms with Crippen molar-refractivity contribution in [1.82, 2.24) is 14.5 Å². The van der Waals surface area contributed by atoms with E-state index in [0.717, 1.165) is 44.5 Å². The Labute approximate surface area is 172 Å². The molecule has 0 spiro atoms. The number of imidazole rings is 1. The molecule has 2 aromatic rings. The maximum absolute atomic E-state index is 13.1. The molecule has 0 atom stereocenters. The molecule has 0 saturated carbocycles. The van der Waals surface area contributed by atoms with Gasteiger partial charge in [0, 0.05) is 33.1 Å². The predicted molar refractivity (Wildman–Crippen MR) is 110 cm³/mol. The molecule has 1 saturated heterocycles. The summed E-state index contributed by atoms with van der Waals surface area (Å²) in [6.45, 7) is 3.77. The Morgan fingerprint density at radius 1 is 1.21 bits per heavy atom. The molecule has 8 heteroatoms. The highest BCUT2D eigenvalue weighted by atomic mass is 32.2. The molecule has 0 amide bonds. The molecule has 0 unspecified atom stereocenters. The summed E-state index contributed by atoms with van der Waals surface area (Å²) in [7, 11) is -1.73. The van der Waals surface area contributed by atoms with Gasteiger partial charge in [-0.3, -0.25) is 4.90 Å². The number of halogens is 1. The summed E-state index contributed by atoms with van der Waals surface area (Å²) in [4.78, 5) is 6.54. The average molecular weight is 424 g/mol. The zero-order valence-electron chi connectivity index (χ0n) is 17.2. The standard InChI is InChI=1S/C21H30FN3O3S/c1-28-13-3-10-25-20(15-23-21(25)29(2,26)27)16-24-11-8-18(9-12-24)14-17-4-6-19(22)7-5-17/h4-7,15,18H,3,8-14,16H2,1-2H3. The molecule has 0 bridgehead atoms. The maximum atomic E-state index is 13.1. The number of aromatic nitrogens is 2. The van der Waals surface area contributed by atoms with Crippen LogP contribution in [0.25, 0.3) is 0 Å². The van der Waals surface area contributed by atoms with E-state index in [1.165, 1.54) is 24.0 Å². The van der Waals surface area contributed by atoms with Crippen molar-refractivity contribution in [3.8, 4) is 0 Å². The Bertz CT molecular complexity index is 888. The van der Waals surface area contributed by atoms with Crippen molar-refractivity contribution < 1.29 is 17.5 Å². The number of ether oxygens (including phenoxy) is 1. The van der Waals surface area contributed by atoms with E-state index in [1.807, 2.05) is 16.7 Å². The monoisotopic (exact) mass is 423 g/mol. The van der Waals surface area contributed by atoms with E-state index in [-0.39, 0.29) is 11.0 Å². The van der Waals surface area contributed by atoms with Gasteiger partial charge in [-0.25, -0.2) is 17.8 Å². The van der Waals surface area contributed by atoms with E-state index in [0.29, 0.717) is 25.6 Å². The Kier molecular flexibility index (Phi) is 7.43. The first kappa shape index (κ1) is 21.9. The fraction of sp³-hybridized carbons (Fsp3) is 0.571. The first-order valence-corrected chi connectivity index (χ1v) is 12.0. The zero-order valence-corrected chi connectivity index (χ0v) is 18.0. The number of sulfone groups is 1. The quantitative estimate of drug-likeness (QED) is 0.581. The molecule has 0 aliphatic carbocycles. The second kappa shape index (κ2) is 9.82. The Morgan fingerprint density at radius 2 is 1.90 bits per heavy atom. The number of nitrogens with zero attached hydrogens (tertiary/aromatic N) is 3. The van der Waals surface area contributed by atoms with Gasteiger partial charge in [-0.2, -0.15) is 0 Å². The summed E-state index contributed by atoms with van der Waals surface area (Å²) in [6, 6.07) is 6.78. The normalized spacial score (nSPS) is 16.4. The van der Waals surface area contributed by atoms with Crippen molar-refractivity contribution in [3.63, 3.8) is 0 Å². The molecule has 1 aromatic heterocycles. The van der Waals surface area contributed by atoms with Crippen LogP contribution >= 0.6 is 0 Å². The average Bonchev–Trinajstić information content (AvgIpc) is 3.08. The molecule has 1 aromatic carbocycles. The van der Waals surface area contributed by atoms with Crippen molar-refractivity contribution in [2.24, 2.45) is 5.92 Å². The van der Waals surface area contributed by atoms with Crippen LogP contribution < -0.4 is 0 Å². The van der Waals surface area contributed by atoms with Gasteiger partial charge in [0.1, 0.15) is 5.82 Å². The van der Waals surface area contributed by atoms with Crippen molar-refractivity contribution in [3.05, 3.63) is 47.5 Å². The summed E-state index contributed by atoms with van der Waals surface area (Å²) in [5.74, 6) is 0.397. The van der Waals surface area contributed by atoms with E-state index in [4.69, 9.17) is 4.74 Å². The summed E-state index contributed by atoms with van der Waals surface area (Å²) in [5.41, 5.74) is 2.11. The van der Waals surface area contributed by atoms with Crippen LogP contribution in [0.5, 0.6) is 0 Å². The molecule has 2 heterocycles. The third-order valence-electron chi connectivity index (χ3n) is 5.49. The molecule has 160 valence electrons. The highest BCUT2D eigenvalue weighted by Crippen LogP contribution is 2.24. The molecular formula is C21H30FN3O3S. The molecule has 0 N–H and O–H groups in total. The highest BCUT2D eigenvalue weighted by molar-refractivity contribution is 7.90. The van der Waals surface area contributed by atoms with E-state index in [1.54, 1.807) is 13.3 Å². The van der Waals surface area contributed by atoms with Crippen LogP contribution in [0.2, 0.25) is 0 Å². The second-order valence-corrected chi connectivity index (χ2v) is 9.76. The zero-order chi connectivity index (χ0) is 20.9. The van der Waals surface area contributed by atoms with E-state index in [2.05, 4.69) is 9.88 Å². The van der Waals surface area contributed by atoms with E-state index in [9.17, 15) is 12.8 Å². The smallest absolute Gasteiger partial charge is 0.227 e. The number of rotatable bonds is 9. The lowest BCUT2D eigenvalue weighted by atomic mass is 9.90. The molecule has 1 aliphatic rings. The molecule has 3 rings (SSSR count). The lowest BCUT2D eigenvalue weighted by molar-refractivity contribution is 0.170. The maximum Gasteiger partial charge on any atom is 0.227 e. The lowest BCUT2D eigenvalue weighted by Crippen LogP contribution is -2.34. The summed E-state index contributed by atoms with van der Waals surface area (Å²) >= 11 is 0. The Hall–Kier alpha value is -1.77. The van der Waals surface area contributed by atoms with Crippen LogP contribution in [0.4, 0.5) is 4.39 Å². The van der Waals surface area contributed by atoms with Gasteiger partial charge in [-0.15, -0.1) is 0 Å². The van der Waals surface area contributed by atoms with Crippen LogP contribution in [0.15, 0.2) is 35.6 Å². The number of benzene rings is 1. The fourth-order valence-corrected chi connectivity index (χ4v) is 4.80. The van der Waals surface area contributed by atoms with Crippen molar-refractivity contribution in [1.29, 1.82) is 0 Å². The molecule has 1 fully saturated rings. The van der Waals surface area contributed by atoms with Gasteiger partial charge in [0.15, 0.2) is 0 Å². The van der Waals surface area contributed by atoms with Gasteiger partial charge in [-0.1, -0.05) is 12.1 Å². The van der Waals surface area contributed by atoms with Crippen molar-refractivity contribution >= 4 is 9.84 Å². The highest BCUT2D eigenvalue weighted by Gasteiger charge is 2.23. The van der Waals surface area contributed by atoms with Gasteiger partial charge in [0.05, 0.1) is 11.9 Å². The number of piperidine rings is 1. The molecular weight excluding hydrogens is 393 g/mol. The van der Waals surface area contributed by atoms with Gasteiger partial charge < -0.3 is 9.30 Å². The predicted octanol–water partition coefficient (Wildman–Crippen LogP) is 2.92. The number of likely N-dealkylation sites (tertiary alicyclic amines) is 1. The summed E-state index contributed by atoms with van der Waals surface area (Å²) in [5, 5.41) is 0.134. The molecule has 0 radical (unpaired) electrons. The first-order valence-electron chi connectivity index (χ1n) is 10.1. The number of hydrogen-bond acceptors (Lipinski definition) is 5. The molecule has 1 aliphatic heterocycles. The van der Waals surface area contributed by atoms with Crippen LogP contribution in [0.3, 0.4) is 0 Å².